The number of benzene rings is 2. The zero-order valence-electron chi connectivity index (χ0n) is 15.8. The van der Waals surface area contributed by atoms with Crippen LogP contribution in [0.15, 0.2) is 48.5 Å². The third-order valence-electron chi connectivity index (χ3n) is 4.95. The zero-order chi connectivity index (χ0) is 20.2. The van der Waals surface area contributed by atoms with Gasteiger partial charge in [0.25, 0.3) is 11.8 Å². The van der Waals surface area contributed by atoms with Crippen LogP contribution in [-0.2, 0) is 9.47 Å². The first-order valence-corrected chi connectivity index (χ1v) is 9.60. The predicted molar refractivity (Wildman–Crippen MR) is 103 cm³/mol. The average molecular weight is 395 g/mol. The van der Waals surface area contributed by atoms with Crippen molar-refractivity contribution >= 4 is 17.8 Å². The molecule has 0 aromatic heterocycles. The molecule has 0 aliphatic carbocycles. The molecule has 2 aliphatic heterocycles. The number of nitrogens with zero attached hydrogens (tertiary/aromatic N) is 1. The highest BCUT2D eigenvalue weighted by molar-refractivity contribution is 6.22. The second-order valence-corrected chi connectivity index (χ2v) is 6.91. The number of carbonyl (C=O) groups excluding carboxylic acids is 3. The first kappa shape index (κ1) is 19.1. The minimum atomic E-state index is -0.567. The Morgan fingerprint density at radius 1 is 1.03 bits per heavy atom. The number of para-hydroxylation sites is 1. The molecule has 0 saturated carbocycles. The average Bonchev–Trinajstić information content (AvgIpc) is 3.35. The van der Waals surface area contributed by atoms with Gasteiger partial charge in [-0.05, 0) is 43.2 Å². The summed E-state index contributed by atoms with van der Waals surface area (Å²) in [4.78, 5) is 38.7. The van der Waals surface area contributed by atoms with Gasteiger partial charge in [-0.1, -0.05) is 18.2 Å². The highest BCUT2D eigenvalue weighted by atomic mass is 16.6. The SMILES string of the molecule is O=C(OCCOc1ccccc1)c1ccc2c(c1)C(=O)N(CC1CCCO1)C2=O. The number of hydrogen-bond acceptors (Lipinski definition) is 6. The van der Waals surface area contributed by atoms with Crippen LogP contribution in [0.1, 0.15) is 43.9 Å². The molecule has 1 saturated heterocycles. The van der Waals surface area contributed by atoms with E-state index < -0.39 is 11.9 Å². The Hall–Kier alpha value is -3.19. The highest BCUT2D eigenvalue weighted by Gasteiger charge is 2.38. The molecule has 150 valence electrons. The Morgan fingerprint density at radius 3 is 2.59 bits per heavy atom. The lowest BCUT2D eigenvalue weighted by atomic mass is 10.1. The largest absolute Gasteiger partial charge is 0.490 e. The van der Waals surface area contributed by atoms with Gasteiger partial charge in [-0.15, -0.1) is 0 Å². The number of imide groups is 1. The lowest BCUT2D eigenvalue weighted by Crippen LogP contribution is -2.36. The Labute approximate surface area is 168 Å². The van der Waals surface area contributed by atoms with Crippen LogP contribution in [0.3, 0.4) is 0 Å². The lowest BCUT2D eigenvalue weighted by molar-refractivity contribution is 0.0449. The quantitative estimate of drug-likeness (QED) is 0.407. The molecule has 0 bridgehead atoms. The van der Waals surface area contributed by atoms with Crippen LogP contribution in [0, 0.1) is 0 Å². The molecule has 7 nitrogen and oxygen atoms in total. The van der Waals surface area contributed by atoms with E-state index >= 15 is 0 Å². The predicted octanol–water partition coefficient (Wildman–Crippen LogP) is 2.70. The molecule has 1 atom stereocenters. The molecular weight excluding hydrogens is 374 g/mol. The van der Waals surface area contributed by atoms with Crippen molar-refractivity contribution in [3.05, 3.63) is 65.2 Å². The van der Waals surface area contributed by atoms with Gasteiger partial charge in [0.05, 0.1) is 29.3 Å². The fraction of sp³-hybridized carbons (Fsp3) is 0.318. The van der Waals surface area contributed by atoms with E-state index in [9.17, 15) is 14.4 Å². The van der Waals surface area contributed by atoms with E-state index in [2.05, 4.69) is 0 Å². The number of rotatable bonds is 7. The van der Waals surface area contributed by atoms with Gasteiger partial charge in [-0.2, -0.15) is 0 Å². The van der Waals surface area contributed by atoms with Gasteiger partial charge in [-0.25, -0.2) is 4.79 Å². The fourth-order valence-electron chi connectivity index (χ4n) is 3.47. The zero-order valence-corrected chi connectivity index (χ0v) is 15.8. The molecule has 2 heterocycles. The van der Waals surface area contributed by atoms with Crippen LogP contribution in [0.25, 0.3) is 0 Å². The van der Waals surface area contributed by atoms with Crippen molar-refractivity contribution in [1.29, 1.82) is 0 Å². The third kappa shape index (κ3) is 4.14. The van der Waals surface area contributed by atoms with Crippen LogP contribution in [0.2, 0.25) is 0 Å². The second kappa shape index (κ2) is 8.45. The van der Waals surface area contributed by atoms with Gasteiger partial charge in [0.15, 0.2) is 0 Å². The molecule has 1 fully saturated rings. The molecule has 0 N–H and O–H groups in total. The summed E-state index contributed by atoms with van der Waals surface area (Å²) >= 11 is 0. The molecule has 1 unspecified atom stereocenters. The van der Waals surface area contributed by atoms with Gasteiger partial charge >= 0.3 is 5.97 Å². The first-order chi connectivity index (χ1) is 14.1. The van der Waals surface area contributed by atoms with Gasteiger partial charge in [0.1, 0.15) is 19.0 Å². The maximum Gasteiger partial charge on any atom is 0.338 e. The summed E-state index contributed by atoms with van der Waals surface area (Å²) in [7, 11) is 0. The van der Waals surface area contributed by atoms with Crippen LogP contribution in [0.4, 0.5) is 0 Å². The van der Waals surface area contributed by atoms with Crippen molar-refractivity contribution in [2.75, 3.05) is 26.4 Å². The van der Waals surface area contributed by atoms with E-state index in [1.807, 2.05) is 30.3 Å². The van der Waals surface area contributed by atoms with Gasteiger partial charge in [0, 0.05) is 6.61 Å². The van der Waals surface area contributed by atoms with E-state index in [0.717, 1.165) is 12.8 Å². The molecule has 2 aromatic carbocycles. The number of amides is 2. The number of hydrogen-bond donors (Lipinski definition) is 0. The topological polar surface area (TPSA) is 82.1 Å². The lowest BCUT2D eigenvalue weighted by Gasteiger charge is -2.17. The smallest absolute Gasteiger partial charge is 0.338 e. The fourth-order valence-corrected chi connectivity index (χ4v) is 3.47. The third-order valence-corrected chi connectivity index (χ3v) is 4.95. The van der Waals surface area contributed by atoms with Gasteiger partial charge in [0.2, 0.25) is 0 Å². The van der Waals surface area contributed by atoms with Gasteiger partial charge in [-0.3, -0.25) is 14.5 Å². The molecule has 4 rings (SSSR count). The van der Waals surface area contributed by atoms with E-state index in [1.165, 1.54) is 23.1 Å². The molecule has 2 amide bonds. The minimum Gasteiger partial charge on any atom is -0.490 e. The highest BCUT2D eigenvalue weighted by Crippen LogP contribution is 2.26. The summed E-state index contributed by atoms with van der Waals surface area (Å²) in [6.07, 6.45) is 1.64. The summed E-state index contributed by atoms with van der Waals surface area (Å²) in [6.45, 7) is 1.18. The molecular formula is C22H21NO6. The van der Waals surface area contributed by atoms with Gasteiger partial charge < -0.3 is 14.2 Å². The molecule has 29 heavy (non-hydrogen) atoms. The standard InChI is InChI=1S/C22H21NO6/c24-20-18-9-8-15(22(26)29-12-11-28-16-5-2-1-3-6-16)13-19(18)21(25)23(20)14-17-7-4-10-27-17/h1-3,5-6,8-9,13,17H,4,7,10-12,14H2. The van der Waals surface area contributed by atoms with Crippen LogP contribution < -0.4 is 4.74 Å². The Kier molecular flexibility index (Phi) is 5.57. The van der Waals surface area contributed by atoms with E-state index in [4.69, 9.17) is 14.2 Å². The summed E-state index contributed by atoms with van der Waals surface area (Å²) in [5, 5.41) is 0. The van der Waals surface area contributed by atoms with Crippen molar-refractivity contribution in [2.24, 2.45) is 0 Å². The van der Waals surface area contributed by atoms with Crippen molar-refractivity contribution in [3.8, 4) is 5.75 Å². The Balaban J connectivity index is 1.35. The summed E-state index contributed by atoms with van der Waals surface area (Å²) in [6, 6.07) is 13.6. The monoisotopic (exact) mass is 395 g/mol. The van der Waals surface area contributed by atoms with E-state index in [-0.39, 0.29) is 42.9 Å². The first-order valence-electron chi connectivity index (χ1n) is 9.60. The summed E-state index contributed by atoms with van der Waals surface area (Å²) in [5.74, 6) is -0.627. The molecule has 2 aromatic rings. The maximum absolute atomic E-state index is 12.7. The van der Waals surface area contributed by atoms with E-state index in [0.29, 0.717) is 17.9 Å². The Bertz CT molecular complexity index is 920. The van der Waals surface area contributed by atoms with Crippen LogP contribution in [-0.4, -0.2) is 55.2 Å². The van der Waals surface area contributed by atoms with Crippen molar-refractivity contribution < 1.29 is 28.6 Å². The summed E-state index contributed by atoms with van der Waals surface area (Å²) < 4.78 is 16.2. The van der Waals surface area contributed by atoms with E-state index in [1.54, 1.807) is 0 Å². The second-order valence-electron chi connectivity index (χ2n) is 6.91. The summed E-state index contributed by atoms with van der Waals surface area (Å²) in [5.41, 5.74) is 0.753. The Morgan fingerprint density at radius 2 is 1.83 bits per heavy atom. The van der Waals surface area contributed by atoms with Crippen molar-refractivity contribution in [2.45, 2.75) is 18.9 Å². The van der Waals surface area contributed by atoms with Crippen LogP contribution >= 0.6 is 0 Å². The number of ether oxygens (including phenoxy) is 3. The normalized spacial score (nSPS) is 18.1. The molecule has 0 radical (unpaired) electrons. The molecule has 0 spiro atoms. The number of esters is 1. The molecule has 7 heteroatoms. The van der Waals surface area contributed by atoms with Crippen LogP contribution in [0.5, 0.6) is 5.75 Å². The minimum absolute atomic E-state index is 0.0723. The number of fused-ring (bicyclic) bond motifs is 1. The molecule has 2 aliphatic rings. The van der Waals surface area contributed by atoms with Crippen molar-refractivity contribution in [1.82, 2.24) is 4.90 Å². The maximum atomic E-state index is 12.7. The number of carbonyl (C=O) groups is 3. The van der Waals surface area contributed by atoms with Crippen molar-refractivity contribution in [3.63, 3.8) is 0 Å².